The van der Waals surface area contributed by atoms with Gasteiger partial charge in [0.15, 0.2) is 11.5 Å². The largest absolute Gasteiger partial charge is 0.504 e. The number of aromatic hydroxyl groups is 1. The molecule has 2 rings (SSSR count). The monoisotopic (exact) mass is 263 g/mol. The van der Waals surface area contributed by atoms with Crippen LogP contribution in [0.5, 0.6) is 11.5 Å². The lowest BCUT2D eigenvalue weighted by atomic mass is 10.2. The van der Waals surface area contributed by atoms with E-state index in [1.807, 2.05) is 6.07 Å². The number of methoxy groups -OCH3 is 1. The molecule has 4 heteroatoms. The molecule has 0 aliphatic heterocycles. The van der Waals surface area contributed by atoms with E-state index in [2.05, 4.69) is 31.3 Å². The molecule has 0 spiro atoms. The number of phenols is 1. The van der Waals surface area contributed by atoms with Crippen molar-refractivity contribution in [3.05, 3.63) is 40.1 Å². The minimum absolute atomic E-state index is 0.150. The normalized spacial score (nSPS) is 12.2. The first-order valence-electron chi connectivity index (χ1n) is 5.80. The number of ether oxygens (including phenoxy) is 1. The summed E-state index contributed by atoms with van der Waals surface area (Å²) in [6.07, 6.45) is 0. The maximum absolute atomic E-state index is 9.72. The summed E-state index contributed by atoms with van der Waals surface area (Å²) in [5.74, 6) is 0.636. The summed E-state index contributed by atoms with van der Waals surface area (Å²) in [5.41, 5.74) is 0.881. The van der Waals surface area contributed by atoms with Crippen molar-refractivity contribution < 1.29 is 9.84 Å². The Balaban J connectivity index is 2.12. The van der Waals surface area contributed by atoms with E-state index in [9.17, 15) is 5.11 Å². The quantitative estimate of drug-likeness (QED) is 0.877. The maximum atomic E-state index is 9.72. The first-order valence-corrected chi connectivity index (χ1v) is 6.61. The van der Waals surface area contributed by atoms with E-state index in [4.69, 9.17) is 4.74 Å². The van der Waals surface area contributed by atoms with Crippen molar-refractivity contribution in [3.8, 4) is 11.5 Å². The Labute approximate surface area is 111 Å². The standard InChI is InChI=1S/C14H17NO2S/c1-9-4-7-14(18-9)10(2)15-11-5-6-13(17-3)12(16)8-11/h4-8,10,15-16H,1-3H3. The first kappa shape index (κ1) is 12.8. The second-order valence-corrected chi connectivity index (χ2v) is 5.52. The van der Waals surface area contributed by atoms with Crippen LogP contribution in [0.25, 0.3) is 0 Å². The third-order valence-electron chi connectivity index (χ3n) is 2.75. The van der Waals surface area contributed by atoms with Crippen molar-refractivity contribution in [3.63, 3.8) is 0 Å². The van der Waals surface area contributed by atoms with Crippen LogP contribution in [0.15, 0.2) is 30.3 Å². The van der Waals surface area contributed by atoms with Crippen molar-refractivity contribution in [2.24, 2.45) is 0 Å². The fourth-order valence-corrected chi connectivity index (χ4v) is 2.67. The van der Waals surface area contributed by atoms with Crippen LogP contribution in [0, 0.1) is 6.92 Å². The van der Waals surface area contributed by atoms with Gasteiger partial charge in [-0.05, 0) is 38.1 Å². The van der Waals surface area contributed by atoms with Gasteiger partial charge in [-0.1, -0.05) is 0 Å². The minimum Gasteiger partial charge on any atom is -0.504 e. The Morgan fingerprint density at radius 2 is 2.06 bits per heavy atom. The van der Waals surface area contributed by atoms with Crippen LogP contribution in [-0.4, -0.2) is 12.2 Å². The smallest absolute Gasteiger partial charge is 0.160 e. The fraction of sp³-hybridized carbons (Fsp3) is 0.286. The highest BCUT2D eigenvalue weighted by atomic mass is 32.1. The lowest BCUT2D eigenvalue weighted by Gasteiger charge is -2.14. The van der Waals surface area contributed by atoms with Crippen molar-refractivity contribution in [2.75, 3.05) is 12.4 Å². The van der Waals surface area contributed by atoms with Gasteiger partial charge in [-0.2, -0.15) is 0 Å². The Kier molecular flexibility index (Phi) is 3.77. The minimum atomic E-state index is 0.150. The number of phenolic OH excluding ortho intramolecular Hbond substituents is 1. The molecule has 0 saturated carbocycles. The molecule has 1 aromatic carbocycles. The van der Waals surface area contributed by atoms with E-state index >= 15 is 0 Å². The highest BCUT2D eigenvalue weighted by Crippen LogP contribution is 2.31. The Morgan fingerprint density at radius 1 is 1.28 bits per heavy atom. The molecule has 1 atom stereocenters. The number of aryl methyl sites for hydroxylation is 1. The topological polar surface area (TPSA) is 41.5 Å². The van der Waals surface area contributed by atoms with E-state index in [1.54, 1.807) is 30.6 Å². The number of anilines is 1. The van der Waals surface area contributed by atoms with E-state index in [0.717, 1.165) is 5.69 Å². The third kappa shape index (κ3) is 2.76. The molecule has 3 nitrogen and oxygen atoms in total. The lowest BCUT2D eigenvalue weighted by Crippen LogP contribution is -2.04. The van der Waals surface area contributed by atoms with Crippen molar-refractivity contribution in [1.82, 2.24) is 0 Å². The molecule has 2 aromatic rings. The summed E-state index contributed by atoms with van der Waals surface area (Å²) < 4.78 is 5.02. The van der Waals surface area contributed by atoms with Gasteiger partial charge in [-0.25, -0.2) is 0 Å². The average Bonchev–Trinajstić information content (AvgIpc) is 2.76. The zero-order chi connectivity index (χ0) is 13.1. The van der Waals surface area contributed by atoms with Crippen molar-refractivity contribution >= 4 is 17.0 Å². The molecule has 18 heavy (non-hydrogen) atoms. The predicted molar refractivity (Wildman–Crippen MR) is 75.8 cm³/mol. The first-order chi connectivity index (χ1) is 8.60. The van der Waals surface area contributed by atoms with E-state index in [1.165, 1.54) is 9.75 Å². The van der Waals surface area contributed by atoms with Crippen LogP contribution in [0.4, 0.5) is 5.69 Å². The molecule has 1 unspecified atom stereocenters. The van der Waals surface area contributed by atoms with Crippen LogP contribution in [0.1, 0.15) is 22.7 Å². The van der Waals surface area contributed by atoms with Gasteiger partial charge < -0.3 is 15.2 Å². The molecule has 2 N–H and O–H groups in total. The molecule has 0 saturated heterocycles. The Bertz CT molecular complexity index is 536. The van der Waals surface area contributed by atoms with E-state index < -0.39 is 0 Å². The molecule has 0 fully saturated rings. The van der Waals surface area contributed by atoms with Crippen LogP contribution in [-0.2, 0) is 0 Å². The molecule has 0 aliphatic carbocycles. The van der Waals surface area contributed by atoms with Gasteiger partial charge in [0.1, 0.15) is 0 Å². The third-order valence-corrected chi connectivity index (χ3v) is 3.93. The average molecular weight is 263 g/mol. The zero-order valence-electron chi connectivity index (χ0n) is 10.7. The molecule has 1 heterocycles. The van der Waals surface area contributed by atoms with Gasteiger partial charge in [0.2, 0.25) is 0 Å². The number of benzene rings is 1. The summed E-state index contributed by atoms with van der Waals surface area (Å²) in [5, 5.41) is 13.1. The number of hydrogen-bond donors (Lipinski definition) is 2. The number of rotatable bonds is 4. The molecular formula is C14H17NO2S. The van der Waals surface area contributed by atoms with Gasteiger partial charge in [0.25, 0.3) is 0 Å². The molecule has 0 amide bonds. The number of thiophene rings is 1. The SMILES string of the molecule is COc1ccc(NC(C)c2ccc(C)s2)cc1O. The number of hydrogen-bond acceptors (Lipinski definition) is 4. The zero-order valence-corrected chi connectivity index (χ0v) is 11.5. The molecule has 0 bridgehead atoms. The molecule has 96 valence electrons. The molecule has 1 aromatic heterocycles. The summed E-state index contributed by atoms with van der Waals surface area (Å²) in [6.45, 7) is 4.20. The summed E-state index contributed by atoms with van der Waals surface area (Å²) in [7, 11) is 1.54. The van der Waals surface area contributed by atoms with Crippen molar-refractivity contribution in [2.45, 2.75) is 19.9 Å². The summed E-state index contributed by atoms with van der Waals surface area (Å²) in [4.78, 5) is 2.58. The van der Waals surface area contributed by atoms with Gasteiger partial charge in [0, 0.05) is 21.5 Å². The Morgan fingerprint density at radius 3 is 2.61 bits per heavy atom. The van der Waals surface area contributed by atoms with Crippen molar-refractivity contribution in [1.29, 1.82) is 0 Å². The van der Waals surface area contributed by atoms with Gasteiger partial charge in [0.05, 0.1) is 13.2 Å². The highest BCUT2D eigenvalue weighted by molar-refractivity contribution is 7.12. The van der Waals surface area contributed by atoms with E-state index in [0.29, 0.717) is 5.75 Å². The van der Waals surface area contributed by atoms with Gasteiger partial charge >= 0.3 is 0 Å². The van der Waals surface area contributed by atoms with Crippen LogP contribution in [0.3, 0.4) is 0 Å². The van der Waals surface area contributed by atoms with Crippen LogP contribution >= 0.6 is 11.3 Å². The molecule has 0 radical (unpaired) electrons. The second kappa shape index (κ2) is 5.31. The Hall–Kier alpha value is -1.68. The molecular weight excluding hydrogens is 246 g/mol. The summed E-state index contributed by atoms with van der Waals surface area (Å²) in [6, 6.07) is 9.79. The van der Waals surface area contributed by atoms with Crippen LogP contribution < -0.4 is 10.1 Å². The van der Waals surface area contributed by atoms with Crippen LogP contribution in [0.2, 0.25) is 0 Å². The second-order valence-electron chi connectivity index (χ2n) is 4.20. The highest BCUT2D eigenvalue weighted by Gasteiger charge is 2.09. The van der Waals surface area contributed by atoms with Gasteiger partial charge in [-0.15, -0.1) is 11.3 Å². The summed E-state index contributed by atoms with van der Waals surface area (Å²) >= 11 is 1.78. The maximum Gasteiger partial charge on any atom is 0.160 e. The predicted octanol–water partition coefficient (Wildman–Crippen LogP) is 3.94. The van der Waals surface area contributed by atoms with Gasteiger partial charge in [-0.3, -0.25) is 0 Å². The van der Waals surface area contributed by atoms with E-state index in [-0.39, 0.29) is 11.8 Å². The fourth-order valence-electron chi connectivity index (χ4n) is 1.79. The number of nitrogens with one attached hydrogen (secondary N) is 1. The molecule has 0 aliphatic rings. The lowest BCUT2D eigenvalue weighted by molar-refractivity contribution is 0.373.